The lowest BCUT2D eigenvalue weighted by Gasteiger charge is -2.19. The highest BCUT2D eigenvalue weighted by atomic mass is 127. The lowest BCUT2D eigenvalue weighted by atomic mass is 9.99. The van der Waals surface area contributed by atoms with Gasteiger partial charge in [-0.1, -0.05) is 44.8 Å². The van der Waals surface area contributed by atoms with E-state index in [9.17, 15) is 9.59 Å². The van der Waals surface area contributed by atoms with E-state index in [2.05, 4.69) is 32.9 Å². The quantitative estimate of drug-likeness (QED) is 0.0307. The average molecular weight is 700 g/mol. The van der Waals surface area contributed by atoms with E-state index in [1.807, 2.05) is 32.9 Å². The van der Waals surface area contributed by atoms with Crippen molar-refractivity contribution in [1.82, 2.24) is 0 Å². The fraction of sp³-hybridized carbons (Fsp3) is 0.500. The van der Waals surface area contributed by atoms with Crippen molar-refractivity contribution in [3.8, 4) is 11.5 Å². The standard InChI is InChI=1S/C26H35ClINO9S/c1-5-18(4)9-8-10-19(29-38-15-23(30)31)13-20-24(26(32)35-11-12-39-28)21(36-16-33-6-2)14-22(25(20)27)37-17-34-7-3/h5,8,10,14,18H,1,6-7,9,11-13,15-17H2,2-4H3,(H,30,31)/b10-8+,29-19+. The fourth-order valence-corrected chi connectivity index (χ4v) is 3.83. The predicted octanol–water partition coefficient (Wildman–Crippen LogP) is 6.09. The summed E-state index contributed by atoms with van der Waals surface area (Å²) >= 11 is 8.87. The Hall–Kier alpha value is -2.00. The first-order valence-electron chi connectivity index (χ1n) is 12.2. The number of allylic oxidation sites excluding steroid dienone is 3. The van der Waals surface area contributed by atoms with Crippen molar-refractivity contribution in [1.29, 1.82) is 0 Å². The molecule has 39 heavy (non-hydrogen) atoms. The van der Waals surface area contributed by atoms with Crippen molar-refractivity contribution < 1.29 is 43.2 Å². The van der Waals surface area contributed by atoms with E-state index in [4.69, 9.17) is 45.2 Å². The minimum absolute atomic E-state index is 0.0281. The topological polar surface area (TPSA) is 122 Å². The minimum Gasteiger partial charge on any atom is -0.479 e. The number of rotatable bonds is 21. The maximum Gasteiger partial charge on any atom is 0.344 e. The molecule has 1 aromatic carbocycles. The normalized spacial score (nSPS) is 12.3. The summed E-state index contributed by atoms with van der Waals surface area (Å²) in [6.07, 6.45) is 5.95. The number of benzene rings is 1. The highest BCUT2D eigenvalue weighted by Crippen LogP contribution is 2.39. The second-order valence-electron chi connectivity index (χ2n) is 7.78. The van der Waals surface area contributed by atoms with Crippen molar-refractivity contribution in [2.75, 3.05) is 45.8 Å². The zero-order chi connectivity index (χ0) is 29.0. The third-order valence-electron chi connectivity index (χ3n) is 4.84. The van der Waals surface area contributed by atoms with E-state index in [0.717, 1.165) is 0 Å². The zero-order valence-electron chi connectivity index (χ0n) is 22.3. The molecule has 0 aromatic heterocycles. The van der Waals surface area contributed by atoms with Crippen LogP contribution in [0.5, 0.6) is 11.5 Å². The molecule has 0 saturated carbocycles. The van der Waals surface area contributed by atoms with Gasteiger partial charge < -0.3 is 33.6 Å². The first-order valence-corrected chi connectivity index (χ1v) is 16.1. The summed E-state index contributed by atoms with van der Waals surface area (Å²) in [6.45, 7) is 9.52. The number of carbonyl (C=O) groups is 2. The first-order chi connectivity index (χ1) is 18.8. The van der Waals surface area contributed by atoms with Crippen molar-refractivity contribution in [3.05, 3.63) is 47.0 Å². The summed E-state index contributed by atoms with van der Waals surface area (Å²) in [5.41, 5.74) is 0.674. The number of hydrogen-bond donors (Lipinski definition) is 1. The molecule has 0 spiro atoms. The molecule has 1 aromatic rings. The molecule has 13 heteroatoms. The number of hydrogen-bond acceptors (Lipinski definition) is 10. The Morgan fingerprint density at radius 1 is 1.21 bits per heavy atom. The lowest BCUT2D eigenvalue weighted by molar-refractivity contribution is -0.142. The average Bonchev–Trinajstić information content (AvgIpc) is 2.90. The number of carbonyl (C=O) groups excluding carboxylic acids is 1. The lowest BCUT2D eigenvalue weighted by Crippen LogP contribution is -2.17. The van der Waals surface area contributed by atoms with E-state index in [1.165, 1.54) is 15.0 Å². The van der Waals surface area contributed by atoms with Gasteiger partial charge in [0.2, 0.25) is 6.61 Å². The summed E-state index contributed by atoms with van der Waals surface area (Å²) in [4.78, 5) is 29.3. The Morgan fingerprint density at radius 3 is 2.46 bits per heavy atom. The van der Waals surface area contributed by atoms with Gasteiger partial charge in [-0.05, 0) is 59.0 Å². The monoisotopic (exact) mass is 699 g/mol. The minimum atomic E-state index is -1.18. The van der Waals surface area contributed by atoms with Crippen molar-refractivity contribution in [2.45, 2.75) is 33.6 Å². The fourth-order valence-electron chi connectivity index (χ4n) is 2.87. The third kappa shape index (κ3) is 13.8. The van der Waals surface area contributed by atoms with Gasteiger partial charge in [0.1, 0.15) is 23.7 Å². The number of aliphatic carboxylic acids is 1. The number of carboxylic acids is 1. The van der Waals surface area contributed by atoms with Gasteiger partial charge in [0.25, 0.3) is 0 Å². The van der Waals surface area contributed by atoms with Gasteiger partial charge in [-0.3, -0.25) is 0 Å². The van der Waals surface area contributed by atoms with Crippen molar-refractivity contribution >= 4 is 59.4 Å². The molecule has 0 saturated heterocycles. The molecule has 0 bridgehead atoms. The maximum atomic E-state index is 13.3. The molecular formula is C26H35ClINO9S. The van der Waals surface area contributed by atoms with Crippen LogP contribution in [0.15, 0.2) is 36.0 Å². The Morgan fingerprint density at radius 2 is 1.87 bits per heavy atom. The smallest absolute Gasteiger partial charge is 0.344 e. The van der Waals surface area contributed by atoms with Crippen LogP contribution in [0.2, 0.25) is 5.02 Å². The summed E-state index contributed by atoms with van der Waals surface area (Å²) in [5.74, 6) is -0.718. The van der Waals surface area contributed by atoms with E-state index in [1.54, 1.807) is 6.08 Å². The van der Waals surface area contributed by atoms with Crippen LogP contribution in [0.1, 0.15) is 43.1 Å². The van der Waals surface area contributed by atoms with Crippen LogP contribution in [0, 0.1) is 5.92 Å². The van der Waals surface area contributed by atoms with E-state index >= 15 is 0 Å². The Balaban J connectivity index is 3.64. The Kier molecular flexibility index (Phi) is 18.7. The summed E-state index contributed by atoms with van der Waals surface area (Å²) in [7, 11) is 1.50. The predicted molar refractivity (Wildman–Crippen MR) is 160 cm³/mol. The molecule has 1 atom stereocenters. The van der Waals surface area contributed by atoms with Crippen LogP contribution in [0.25, 0.3) is 0 Å². The molecule has 1 N–H and O–H groups in total. The molecule has 0 amide bonds. The first kappa shape index (κ1) is 35.0. The van der Waals surface area contributed by atoms with Crippen LogP contribution in [0.3, 0.4) is 0 Å². The molecule has 0 aliphatic heterocycles. The second-order valence-corrected chi connectivity index (χ2v) is 10.7. The van der Waals surface area contributed by atoms with Gasteiger partial charge in [0.15, 0.2) is 13.6 Å². The summed E-state index contributed by atoms with van der Waals surface area (Å²) < 4.78 is 27.6. The van der Waals surface area contributed by atoms with Crippen molar-refractivity contribution in [2.24, 2.45) is 11.1 Å². The van der Waals surface area contributed by atoms with Gasteiger partial charge in [-0.25, -0.2) is 9.59 Å². The van der Waals surface area contributed by atoms with Gasteiger partial charge in [0.05, 0.1) is 10.7 Å². The van der Waals surface area contributed by atoms with Crippen LogP contribution < -0.4 is 9.47 Å². The number of ether oxygens (including phenoxy) is 5. The molecule has 0 radical (unpaired) electrons. The summed E-state index contributed by atoms with van der Waals surface area (Å²) in [6, 6.07) is 1.48. The van der Waals surface area contributed by atoms with Crippen LogP contribution >= 0.6 is 41.7 Å². The SMILES string of the molecule is C=CC(C)C/C=C/C(Cc1c(Cl)c(OCOCC)cc(OCOCC)c1C(=O)OCCSI)=N\OCC(=O)O. The van der Waals surface area contributed by atoms with Crippen LogP contribution in [-0.4, -0.2) is 68.5 Å². The number of oxime groups is 1. The third-order valence-corrected chi connectivity index (χ3v) is 6.90. The molecule has 10 nitrogen and oxygen atoms in total. The Labute approximate surface area is 250 Å². The Bertz CT molecular complexity index is 991. The molecule has 218 valence electrons. The summed E-state index contributed by atoms with van der Waals surface area (Å²) in [5, 5.41) is 13.1. The number of nitrogens with zero attached hydrogens (tertiary/aromatic N) is 1. The van der Waals surface area contributed by atoms with Gasteiger partial charge >= 0.3 is 11.9 Å². The highest BCUT2D eigenvalue weighted by Gasteiger charge is 2.26. The molecule has 0 aliphatic rings. The highest BCUT2D eigenvalue weighted by molar-refractivity contribution is 14.2. The number of carboxylic acid groups (broad SMARTS) is 1. The van der Waals surface area contributed by atoms with E-state index in [0.29, 0.717) is 36.7 Å². The van der Waals surface area contributed by atoms with Crippen LogP contribution in [-0.2, 0) is 30.3 Å². The molecule has 1 rings (SSSR count). The van der Waals surface area contributed by atoms with E-state index in [-0.39, 0.29) is 54.6 Å². The number of halogens is 2. The van der Waals surface area contributed by atoms with Gasteiger partial charge in [-0.2, -0.15) is 0 Å². The largest absolute Gasteiger partial charge is 0.479 e. The molecule has 0 fully saturated rings. The molecular weight excluding hydrogens is 665 g/mol. The second kappa shape index (κ2) is 20.8. The van der Waals surface area contributed by atoms with Gasteiger partial charge in [0, 0.05) is 31.5 Å². The maximum absolute atomic E-state index is 13.3. The molecule has 0 heterocycles. The van der Waals surface area contributed by atoms with E-state index < -0.39 is 18.5 Å². The van der Waals surface area contributed by atoms with Crippen LogP contribution in [0.4, 0.5) is 0 Å². The molecule has 0 aliphatic carbocycles. The zero-order valence-corrected chi connectivity index (χ0v) is 26.0. The molecule has 1 unspecified atom stereocenters. The number of esters is 1. The van der Waals surface area contributed by atoms with Gasteiger partial charge in [-0.15, -0.1) is 6.58 Å². The van der Waals surface area contributed by atoms with Crippen molar-refractivity contribution in [3.63, 3.8) is 0 Å².